The smallest absolute Gasteiger partial charge is 0.232 e. The molecule has 1 aromatic rings. The van der Waals surface area contributed by atoms with Gasteiger partial charge in [-0.3, -0.25) is 4.79 Å². The van der Waals surface area contributed by atoms with Crippen molar-refractivity contribution in [1.29, 1.82) is 0 Å². The summed E-state index contributed by atoms with van der Waals surface area (Å²) < 4.78 is 33.3. The highest BCUT2D eigenvalue weighted by atomic mass is 35.7. The van der Waals surface area contributed by atoms with Gasteiger partial charge in [-0.05, 0) is 0 Å². The third-order valence-electron chi connectivity index (χ3n) is 3.71. The maximum Gasteiger partial charge on any atom is 0.232 e. The molecule has 122 valence electrons. The maximum absolute atomic E-state index is 12.0. The Kier molecular flexibility index (Phi) is 4.52. The number of hydrogen-bond donors (Lipinski definition) is 0. The van der Waals surface area contributed by atoms with E-state index in [2.05, 4.69) is 0 Å². The van der Waals surface area contributed by atoms with Crippen LogP contribution in [0.1, 0.15) is 11.3 Å². The molecule has 2 aliphatic rings. The molecule has 1 unspecified atom stereocenters. The van der Waals surface area contributed by atoms with E-state index < -0.39 is 9.05 Å². The number of carbonyl (C=O) groups is 1. The fourth-order valence-corrected chi connectivity index (χ4v) is 5.01. The Morgan fingerprint density at radius 3 is 2.91 bits per heavy atom. The fourth-order valence-electron chi connectivity index (χ4n) is 2.79. The minimum absolute atomic E-state index is 0.0205. The third-order valence-corrected chi connectivity index (χ3v) is 5.96. The highest BCUT2D eigenvalue weighted by molar-refractivity contribution is 8.13. The van der Waals surface area contributed by atoms with Crippen LogP contribution in [0.25, 0.3) is 0 Å². The zero-order valence-electron chi connectivity index (χ0n) is 11.8. The van der Waals surface area contributed by atoms with Gasteiger partial charge in [-0.1, -0.05) is 0 Å². The monoisotopic (exact) mass is 365 g/mol. The summed E-state index contributed by atoms with van der Waals surface area (Å²) in [7, 11) is 1.69. The summed E-state index contributed by atoms with van der Waals surface area (Å²) in [4.78, 5) is 14.7. The number of ether oxygens (including phenoxy) is 2. The molecule has 0 saturated carbocycles. The predicted molar refractivity (Wildman–Crippen MR) is 83.3 cm³/mol. The first-order chi connectivity index (χ1) is 10.4. The lowest BCUT2D eigenvalue weighted by molar-refractivity contribution is -0.127. The quantitative estimate of drug-likeness (QED) is 0.739. The summed E-state index contributed by atoms with van der Waals surface area (Å²) >= 11 is 1.56. The van der Waals surface area contributed by atoms with Crippen molar-refractivity contribution in [3.8, 4) is 11.5 Å². The molecule has 22 heavy (non-hydrogen) atoms. The zero-order valence-corrected chi connectivity index (χ0v) is 14.2. The minimum Gasteiger partial charge on any atom is -0.485 e. The van der Waals surface area contributed by atoms with Crippen LogP contribution in [0.15, 0.2) is 5.38 Å². The molecule has 6 nitrogen and oxygen atoms in total. The average molecular weight is 366 g/mol. The van der Waals surface area contributed by atoms with Gasteiger partial charge in [0.25, 0.3) is 0 Å². The molecule has 1 amide bonds. The lowest BCUT2D eigenvalue weighted by atomic mass is 10.1. The van der Waals surface area contributed by atoms with Gasteiger partial charge in [-0.15, -0.1) is 11.3 Å². The number of halogens is 1. The van der Waals surface area contributed by atoms with Gasteiger partial charge in [0.15, 0.2) is 11.5 Å². The van der Waals surface area contributed by atoms with Gasteiger partial charge in [0.05, 0.1) is 10.6 Å². The van der Waals surface area contributed by atoms with E-state index in [0.29, 0.717) is 32.7 Å². The Balaban J connectivity index is 1.58. The van der Waals surface area contributed by atoms with Gasteiger partial charge in [-0.25, -0.2) is 8.42 Å². The molecular weight excluding hydrogens is 350 g/mol. The summed E-state index contributed by atoms with van der Waals surface area (Å²) in [6.07, 6.45) is 0.920. The van der Waals surface area contributed by atoms with Crippen LogP contribution in [-0.2, 0) is 20.3 Å². The maximum atomic E-state index is 12.0. The number of likely N-dealkylation sites (tertiary alicyclic amines) is 1. The fraction of sp³-hybridized carbons (Fsp3) is 0.615. The number of thiophene rings is 1. The first-order valence-corrected chi connectivity index (χ1v) is 10.3. The highest BCUT2D eigenvalue weighted by Gasteiger charge is 2.32. The Morgan fingerprint density at radius 1 is 1.36 bits per heavy atom. The molecule has 1 aromatic heterocycles. The van der Waals surface area contributed by atoms with Crippen LogP contribution >= 0.6 is 22.0 Å². The van der Waals surface area contributed by atoms with E-state index in [1.807, 2.05) is 5.38 Å². The second-order valence-electron chi connectivity index (χ2n) is 5.41. The van der Waals surface area contributed by atoms with Crippen molar-refractivity contribution in [3.63, 3.8) is 0 Å². The SMILES string of the molecule is O=C1CC(CS(=O)(=O)Cl)CN1CCc1scc2c1OCCO2. The Labute approximate surface area is 137 Å². The number of fused-ring (bicyclic) bond motifs is 1. The number of nitrogens with zero attached hydrogens (tertiary/aromatic N) is 1. The predicted octanol–water partition coefficient (Wildman–Crippen LogP) is 1.48. The van der Waals surface area contributed by atoms with E-state index in [4.69, 9.17) is 20.2 Å². The van der Waals surface area contributed by atoms with Crippen molar-refractivity contribution in [2.75, 3.05) is 32.1 Å². The number of amides is 1. The lowest BCUT2D eigenvalue weighted by Crippen LogP contribution is -2.28. The molecule has 0 spiro atoms. The highest BCUT2D eigenvalue weighted by Crippen LogP contribution is 2.39. The van der Waals surface area contributed by atoms with Crippen LogP contribution < -0.4 is 9.47 Å². The minimum atomic E-state index is -3.57. The largest absolute Gasteiger partial charge is 0.485 e. The van der Waals surface area contributed by atoms with E-state index in [-0.39, 0.29) is 24.0 Å². The Bertz CT molecular complexity index is 672. The van der Waals surface area contributed by atoms with Crippen molar-refractivity contribution in [2.24, 2.45) is 5.92 Å². The first-order valence-electron chi connectivity index (χ1n) is 6.98. The third kappa shape index (κ3) is 3.67. The van der Waals surface area contributed by atoms with Crippen molar-refractivity contribution in [3.05, 3.63) is 10.3 Å². The number of hydrogen-bond acceptors (Lipinski definition) is 6. The molecule has 9 heteroatoms. The summed E-state index contributed by atoms with van der Waals surface area (Å²) in [6.45, 7) is 2.08. The number of carbonyl (C=O) groups excluding carboxylic acids is 1. The van der Waals surface area contributed by atoms with Crippen molar-refractivity contribution < 1.29 is 22.7 Å². The van der Waals surface area contributed by atoms with Crippen molar-refractivity contribution in [2.45, 2.75) is 12.8 Å². The van der Waals surface area contributed by atoms with Crippen molar-refractivity contribution >= 4 is 37.0 Å². The van der Waals surface area contributed by atoms with E-state index in [1.165, 1.54) is 0 Å². The molecule has 0 aromatic carbocycles. The van der Waals surface area contributed by atoms with E-state index in [9.17, 15) is 13.2 Å². The van der Waals surface area contributed by atoms with E-state index in [0.717, 1.165) is 16.4 Å². The van der Waals surface area contributed by atoms with Crippen LogP contribution in [0.2, 0.25) is 0 Å². The van der Waals surface area contributed by atoms with Crippen LogP contribution in [0.3, 0.4) is 0 Å². The molecule has 0 bridgehead atoms. The molecule has 2 aliphatic heterocycles. The van der Waals surface area contributed by atoms with Gasteiger partial charge in [0.2, 0.25) is 15.0 Å². The van der Waals surface area contributed by atoms with Crippen molar-refractivity contribution in [1.82, 2.24) is 4.90 Å². The first kappa shape index (κ1) is 15.9. The molecule has 0 N–H and O–H groups in total. The Hall–Kier alpha value is -0.990. The molecule has 1 atom stereocenters. The topological polar surface area (TPSA) is 72.9 Å². The molecule has 3 rings (SSSR count). The molecule has 3 heterocycles. The van der Waals surface area contributed by atoms with Gasteiger partial charge >= 0.3 is 0 Å². The van der Waals surface area contributed by atoms with E-state index in [1.54, 1.807) is 16.2 Å². The standard InChI is InChI=1S/C13H16ClNO5S2/c14-22(17,18)8-9-5-12(16)15(6-9)2-1-11-13-10(7-21-11)19-3-4-20-13/h7,9H,1-6,8H2. The van der Waals surface area contributed by atoms with Gasteiger partial charge in [-0.2, -0.15) is 0 Å². The van der Waals surface area contributed by atoms with Gasteiger partial charge in [0, 0.05) is 47.9 Å². The van der Waals surface area contributed by atoms with Gasteiger partial charge in [0.1, 0.15) is 13.2 Å². The van der Waals surface area contributed by atoms with Crippen LogP contribution in [-0.4, -0.2) is 51.3 Å². The summed E-state index contributed by atoms with van der Waals surface area (Å²) in [5.41, 5.74) is 0. The Morgan fingerprint density at radius 2 is 2.14 bits per heavy atom. The number of rotatable bonds is 5. The lowest BCUT2D eigenvalue weighted by Gasteiger charge is -2.18. The van der Waals surface area contributed by atoms with Crippen LogP contribution in [0.4, 0.5) is 0 Å². The van der Waals surface area contributed by atoms with Gasteiger partial charge < -0.3 is 14.4 Å². The normalized spacial score (nSPS) is 21.4. The molecule has 0 radical (unpaired) electrons. The van der Waals surface area contributed by atoms with Crippen LogP contribution in [0.5, 0.6) is 11.5 Å². The molecular formula is C13H16ClNO5S2. The summed E-state index contributed by atoms with van der Waals surface area (Å²) in [6, 6.07) is 0. The molecule has 0 aliphatic carbocycles. The zero-order chi connectivity index (χ0) is 15.7. The summed E-state index contributed by atoms with van der Waals surface area (Å²) in [5, 5.41) is 1.92. The van der Waals surface area contributed by atoms with Crippen LogP contribution in [0, 0.1) is 5.92 Å². The second kappa shape index (κ2) is 6.25. The molecule has 1 fully saturated rings. The summed E-state index contributed by atoms with van der Waals surface area (Å²) in [5.74, 6) is 1.16. The second-order valence-corrected chi connectivity index (χ2v) is 9.20. The average Bonchev–Trinajstić information content (AvgIpc) is 2.98. The van der Waals surface area contributed by atoms with E-state index >= 15 is 0 Å². The molecule has 1 saturated heterocycles.